The van der Waals surface area contributed by atoms with Gasteiger partial charge in [0.1, 0.15) is 5.92 Å². The van der Waals surface area contributed by atoms with E-state index in [1.807, 2.05) is 0 Å². The van der Waals surface area contributed by atoms with Crippen molar-refractivity contribution < 1.29 is 27.8 Å². The van der Waals surface area contributed by atoms with Crippen molar-refractivity contribution in [3.63, 3.8) is 0 Å². The Hall–Kier alpha value is -1.60. The number of aliphatic hydroxyl groups is 1. The van der Waals surface area contributed by atoms with Crippen molar-refractivity contribution in [3.8, 4) is 0 Å². The van der Waals surface area contributed by atoms with E-state index in [-0.39, 0.29) is 25.9 Å². The van der Waals surface area contributed by atoms with Gasteiger partial charge in [0.15, 0.2) is 5.72 Å². The first-order chi connectivity index (χ1) is 11.2. The minimum atomic E-state index is -4.65. The zero-order chi connectivity index (χ0) is 18.2. The van der Waals surface area contributed by atoms with Gasteiger partial charge in [-0.05, 0) is 6.42 Å². The van der Waals surface area contributed by atoms with Crippen molar-refractivity contribution in [2.75, 3.05) is 13.7 Å². The molecule has 1 amide bonds. The van der Waals surface area contributed by atoms with Crippen LogP contribution >= 0.6 is 0 Å². The Balaban J connectivity index is 3.01. The maximum atomic E-state index is 13.2. The van der Waals surface area contributed by atoms with Crippen LogP contribution in [0.1, 0.15) is 38.2 Å². The van der Waals surface area contributed by atoms with Crippen LogP contribution in [0.25, 0.3) is 0 Å². The zero-order valence-electron chi connectivity index (χ0n) is 13.9. The van der Waals surface area contributed by atoms with Gasteiger partial charge in [-0.2, -0.15) is 13.2 Å². The molecule has 0 heterocycles. The van der Waals surface area contributed by atoms with Crippen molar-refractivity contribution in [3.05, 3.63) is 35.9 Å². The molecule has 0 aromatic heterocycles. The smallest absolute Gasteiger partial charge is 0.384 e. The Kier molecular flexibility index (Phi) is 7.69. The van der Waals surface area contributed by atoms with Gasteiger partial charge in [-0.15, -0.1) is 0 Å². The number of halogens is 3. The summed E-state index contributed by atoms with van der Waals surface area (Å²) in [6.07, 6.45) is -4.19. The summed E-state index contributed by atoms with van der Waals surface area (Å²) < 4.78 is 44.4. The third kappa shape index (κ3) is 5.79. The van der Waals surface area contributed by atoms with E-state index in [2.05, 4.69) is 5.32 Å². The second-order valence-corrected chi connectivity index (χ2v) is 5.69. The molecule has 0 bridgehead atoms. The summed E-state index contributed by atoms with van der Waals surface area (Å²) in [6, 6.07) is 8.08. The highest BCUT2D eigenvalue weighted by Crippen LogP contribution is 2.32. The first-order valence-electron chi connectivity index (χ1n) is 7.90. The molecule has 136 valence electrons. The Bertz CT molecular complexity index is 508. The van der Waals surface area contributed by atoms with Crippen molar-refractivity contribution in [1.82, 2.24) is 5.32 Å². The fourth-order valence-electron chi connectivity index (χ4n) is 2.39. The van der Waals surface area contributed by atoms with Gasteiger partial charge in [0.2, 0.25) is 5.91 Å². The third-order valence-electron chi connectivity index (χ3n) is 3.81. The molecule has 0 aliphatic rings. The quantitative estimate of drug-likeness (QED) is 0.674. The number of carbonyl (C=O) groups is 1. The molecule has 0 saturated heterocycles. The van der Waals surface area contributed by atoms with Gasteiger partial charge in [0.25, 0.3) is 0 Å². The molecule has 7 heteroatoms. The summed E-state index contributed by atoms with van der Waals surface area (Å²) >= 11 is 0. The van der Waals surface area contributed by atoms with Crippen LogP contribution in [0.2, 0.25) is 0 Å². The largest absolute Gasteiger partial charge is 0.400 e. The monoisotopic (exact) mass is 347 g/mol. The number of methoxy groups -OCH3 is 1. The van der Waals surface area contributed by atoms with Crippen LogP contribution in [0.5, 0.6) is 0 Å². The zero-order valence-corrected chi connectivity index (χ0v) is 13.9. The molecule has 2 atom stereocenters. The van der Waals surface area contributed by atoms with Gasteiger partial charge in [-0.25, -0.2) is 0 Å². The van der Waals surface area contributed by atoms with Crippen molar-refractivity contribution >= 4 is 5.91 Å². The van der Waals surface area contributed by atoms with E-state index in [4.69, 9.17) is 4.74 Å². The van der Waals surface area contributed by atoms with E-state index in [1.165, 1.54) is 7.11 Å². The van der Waals surface area contributed by atoms with Gasteiger partial charge in [0, 0.05) is 19.1 Å². The Morgan fingerprint density at radius 2 is 1.92 bits per heavy atom. The van der Waals surface area contributed by atoms with Crippen LogP contribution in [-0.4, -0.2) is 30.9 Å². The number of amides is 1. The van der Waals surface area contributed by atoms with E-state index < -0.39 is 23.7 Å². The molecule has 0 aliphatic heterocycles. The number of unbranched alkanes of at least 4 members (excludes halogenated alkanes) is 1. The van der Waals surface area contributed by atoms with Gasteiger partial charge in [0.05, 0.1) is 6.61 Å². The Morgan fingerprint density at radius 3 is 2.42 bits per heavy atom. The second-order valence-electron chi connectivity index (χ2n) is 5.69. The Labute approximate surface area is 140 Å². The van der Waals surface area contributed by atoms with Gasteiger partial charge in [-0.3, -0.25) is 4.79 Å². The Morgan fingerprint density at radius 1 is 1.29 bits per heavy atom. The first kappa shape index (κ1) is 20.4. The highest BCUT2D eigenvalue weighted by molar-refractivity contribution is 5.80. The molecule has 0 saturated carbocycles. The minimum Gasteiger partial charge on any atom is -0.384 e. The maximum Gasteiger partial charge on any atom is 0.400 e. The second kappa shape index (κ2) is 9.03. The van der Waals surface area contributed by atoms with Crippen LogP contribution in [0, 0.1) is 5.92 Å². The maximum absolute atomic E-state index is 13.2. The molecular weight excluding hydrogens is 323 g/mol. The number of alkyl halides is 3. The molecule has 24 heavy (non-hydrogen) atoms. The predicted molar refractivity (Wildman–Crippen MR) is 84.0 cm³/mol. The highest BCUT2D eigenvalue weighted by Gasteiger charge is 2.46. The number of hydrogen-bond acceptors (Lipinski definition) is 3. The lowest BCUT2D eigenvalue weighted by Crippen LogP contribution is -2.51. The number of rotatable bonds is 9. The lowest BCUT2D eigenvalue weighted by atomic mass is 9.96. The van der Waals surface area contributed by atoms with Gasteiger partial charge >= 0.3 is 6.18 Å². The number of benzene rings is 1. The first-order valence-corrected chi connectivity index (χ1v) is 7.90. The summed E-state index contributed by atoms with van der Waals surface area (Å²) in [4.78, 5) is 12.2. The summed E-state index contributed by atoms with van der Waals surface area (Å²) in [6.45, 7) is 1.83. The van der Waals surface area contributed by atoms with E-state index >= 15 is 0 Å². The lowest BCUT2D eigenvalue weighted by Gasteiger charge is -2.32. The van der Waals surface area contributed by atoms with Crippen molar-refractivity contribution in [1.29, 1.82) is 0 Å². The van der Waals surface area contributed by atoms with Gasteiger partial charge in [-0.1, -0.05) is 50.1 Å². The molecule has 0 unspecified atom stereocenters. The van der Waals surface area contributed by atoms with E-state index in [9.17, 15) is 23.1 Å². The fraction of sp³-hybridized carbons (Fsp3) is 0.588. The number of hydrogen-bond donors (Lipinski definition) is 2. The normalized spacial score (nSPS) is 15.6. The summed E-state index contributed by atoms with van der Waals surface area (Å²) in [5.74, 6) is -3.37. The average molecular weight is 347 g/mol. The van der Waals surface area contributed by atoms with Crippen molar-refractivity contribution in [2.24, 2.45) is 5.92 Å². The number of nitrogens with one attached hydrogen (secondary N) is 1. The topological polar surface area (TPSA) is 58.6 Å². The average Bonchev–Trinajstić information content (AvgIpc) is 2.53. The molecule has 1 rings (SSSR count). The molecule has 0 spiro atoms. The summed E-state index contributed by atoms with van der Waals surface area (Å²) in [7, 11) is 1.41. The van der Waals surface area contributed by atoms with Crippen LogP contribution < -0.4 is 5.32 Å². The molecule has 2 N–H and O–H groups in total. The molecule has 0 radical (unpaired) electrons. The van der Waals surface area contributed by atoms with E-state index in [0.717, 1.165) is 0 Å². The molecule has 0 aliphatic carbocycles. The van der Waals surface area contributed by atoms with E-state index in [0.29, 0.717) is 12.0 Å². The molecular formula is C17H24F3NO3. The predicted octanol–water partition coefficient (Wildman–Crippen LogP) is 3.35. The molecule has 1 aromatic rings. The van der Waals surface area contributed by atoms with Crippen LogP contribution in [0.15, 0.2) is 30.3 Å². The van der Waals surface area contributed by atoms with Gasteiger partial charge < -0.3 is 15.2 Å². The number of ether oxygens (including phenoxy) is 1. The molecule has 0 fully saturated rings. The van der Waals surface area contributed by atoms with Crippen molar-refractivity contribution in [2.45, 2.75) is 44.5 Å². The third-order valence-corrected chi connectivity index (χ3v) is 3.81. The van der Waals surface area contributed by atoms with Crippen LogP contribution in [-0.2, 0) is 15.3 Å². The fourth-order valence-corrected chi connectivity index (χ4v) is 2.39. The minimum absolute atomic E-state index is 0.0579. The molecule has 4 nitrogen and oxygen atoms in total. The van der Waals surface area contributed by atoms with Crippen LogP contribution in [0.4, 0.5) is 13.2 Å². The SMILES string of the molecule is CCCC[C@@H](C(=O)N[C@](O)(CCOC)c1ccccc1)C(F)(F)F. The standard InChI is InChI=1S/C17H24F3NO3/c1-3-4-10-14(17(18,19)20)15(22)21-16(23,11-12-24-2)13-8-6-5-7-9-13/h5-9,14,23H,3-4,10-12H2,1-2H3,(H,21,22)/t14-,16-/m0/s1. The highest BCUT2D eigenvalue weighted by atomic mass is 19.4. The summed E-state index contributed by atoms with van der Waals surface area (Å²) in [5, 5.41) is 12.9. The van der Waals surface area contributed by atoms with Crippen LogP contribution in [0.3, 0.4) is 0 Å². The number of carbonyl (C=O) groups excluding carboxylic acids is 1. The summed E-state index contributed by atoms with van der Waals surface area (Å²) in [5.41, 5.74) is -1.60. The lowest BCUT2D eigenvalue weighted by molar-refractivity contribution is -0.188. The van der Waals surface area contributed by atoms with E-state index in [1.54, 1.807) is 37.3 Å². The molecule has 1 aromatic carbocycles.